The van der Waals surface area contributed by atoms with Gasteiger partial charge in [-0.2, -0.15) is 4.31 Å². The van der Waals surface area contributed by atoms with Gasteiger partial charge in [0, 0.05) is 23.6 Å². The van der Waals surface area contributed by atoms with Gasteiger partial charge in [0.1, 0.15) is 4.90 Å². The Hall–Kier alpha value is -0.830. The van der Waals surface area contributed by atoms with Gasteiger partial charge in [-0.25, -0.2) is 8.42 Å². The van der Waals surface area contributed by atoms with Crippen molar-refractivity contribution in [2.24, 2.45) is 0 Å². The van der Waals surface area contributed by atoms with Crippen molar-refractivity contribution >= 4 is 26.0 Å². The van der Waals surface area contributed by atoms with Crippen molar-refractivity contribution in [2.75, 3.05) is 27.3 Å². The molecular weight excluding hydrogens is 374 g/mol. The Balaban J connectivity index is 2.45. The third-order valence-corrected chi connectivity index (χ3v) is 6.23. The number of hydrogen-bond donors (Lipinski definition) is 0. The van der Waals surface area contributed by atoms with E-state index in [1.165, 1.54) is 24.6 Å². The largest absolute Gasteiger partial charge is 0.493 e. The van der Waals surface area contributed by atoms with E-state index < -0.39 is 10.0 Å². The second-order valence-electron chi connectivity index (χ2n) is 5.22. The van der Waals surface area contributed by atoms with Crippen LogP contribution in [0.4, 0.5) is 0 Å². The standard InChI is InChI=1S/C14H20BrNO5S/c1-9-7-16(8-10(2)21-9)22(17,18)14-6-13(20-4)12(19-3)5-11(14)15/h5-6,9-10H,7-8H2,1-4H3. The number of nitrogens with zero attached hydrogens (tertiary/aromatic N) is 1. The molecule has 2 rings (SSSR count). The molecular formula is C14H20BrNO5S. The summed E-state index contributed by atoms with van der Waals surface area (Å²) < 4.78 is 43.7. The van der Waals surface area contributed by atoms with Crippen LogP contribution in [-0.2, 0) is 14.8 Å². The number of sulfonamides is 1. The third kappa shape index (κ3) is 3.40. The van der Waals surface area contributed by atoms with Crippen LogP contribution in [0.25, 0.3) is 0 Å². The zero-order chi connectivity index (χ0) is 16.5. The first-order chi connectivity index (χ1) is 10.3. The van der Waals surface area contributed by atoms with E-state index in [4.69, 9.17) is 14.2 Å². The molecule has 0 amide bonds. The van der Waals surface area contributed by atoms with E-state index in [1.54, 1.807) is 6.07 Å². The molecule has 0 saturated carbocycles. The summed E-state index contributed by atoms with van der Waals surface area (Å²) in [7, 11) is -0.668. The minimum Gasteiger partial charge on any atom is -0.493 e. The van der Waals surface area contributed by atoms with Crippen molar-refractivity contribution < 1.29 is 22.6 Å². The highest BCUT2D eigenvalue weighted by atomic mass is 79.9. The average Bonchev–Trinajstić information content (AvgIpc) is 2.45. The fourth-order valence-corrected chi connectivity index (χ4v) is 5.09. The zero-order valence-corrected chi connectivity index (χ0v) is 15.4. The van der Waals surface area contributed by atoms with E-state index >= 15 is 0 Å². The summed E-state index contributed by atoms with van der Waals surface area (Å²) in [4.78, 5) is 0.159. The Morgan fingerprint density at radius 2 is 1.64 bits per heavy atom. The van der Waals surface area contributed by atoms with Crippen molar-refractivity contribution in [1.82, 2.24) is 4.31 Å². The van der Waals surface area contributed by atoms with Gasteiger partial charge in [-0.1, -0.05) is 0 Å². The van der Waals surface area contributed by atoms with Crippen LogP contribution in [0, 0.1) is 0 Å². The quantitative estimate of drug-likeness (QED) is 0.784. The molecule has 0 N–H and O–H groups in total. The molecule has 124 valence electrons. The van der Waals surface area contributed by atoms with Crippen LogP contribution in [0.15, 0.2) is 21.5 Å². The maximum Gasteiger partial charge on any atom is 0.244 e. The minimum atomic E-state index is -3.65. The lowest BCUT2D eigenvalue weighted by atomic mass is 10.3. The van der Waals surface area contributed by atoms with Crippen LogP contribution < -0.4 is 9.47 Å². The Morgan fingerprint density at radius 1 is 1.14 bits per heavy atom. The molecule has 1 aromatic rings. The van der Waals surface area contributed by atoms with Crippen molar-refractivity contribution in [1.29, 1.82) is 0 Å². The lowest BCUT2D eigenvalue weighted by molar-refractivity contribution is -0.0441. The smallest absolute Gasteiger partial charge is 0.244 e. The van der Waals surface area contributed by atoms with Crippen molar-refractivity contribution in [2.45, 2.75) is 31.0 Å². The number of methoxy groups -OCH3 is 2. The molecule has 0 aromatic heterocycles. The maximum absolute atomic E-state index is 12.9. The van der Waals surface area contributed by atoms with E-state index in [9.17, 15) is 8.42 Å². The van der Waals surface area contributed by atoms with E-state index in [-0.39, 0.29) is 17.1 Å². The molecule has 0 radical (unpaired) electrons. The molecule has 1 aliphatic heterocycles. The van der Waals surface area contributed by atoms with Crippen LogP contribution in [-0.4, -0.2) is 52.2 Å². The van der Waals surface area contributed by atoms with Crippen molar-refractivity contribution in [3.63, 3.8) is 0 Å². The molecule has 0 spiro atoms. The summed E-state index contributed by atoms with van der Waals surface area (Å²) in [5.41, 5.74) is 0. The second-order valence-corrected chi connectivity index (χ2v) is 7.98. The van der Waals surface area contributed by atoms with Gasteiger partial charge in [0.2, 0.25) is 10.0 Å². The van der Waals surface area contributed by atoms with Crippen molar-refractivity contribution in [3.05, 3.63) is 16.6 Å². The lowest BCUT2D eigenvalue weighted by Crippen LogP contribution is -2.48. The number of rotatable bonds is 4. The minimum absolute atomic E-state index is 0.141. The highest BCUT2D eigenvalue weighted by Crippen LogP contribution is 2.37. The van der Waals surface area contributed by atoms with Crippen molar-refractivity contribution in [3.8, 4) is 11.5 Å². The Labute approximate surface area is 139 Å². The number of ether oxygens (including phenoxy) is 3. The number of halogens is 1. The SMILES string of the molecule is COc1cc(Br)c(S(=O)(=O)N2CC(C)OC(C)C2)cc1OC. The Morgan fingerprint density at radius 3 is 2.14 bits per heavy atom. The van der Waals surface area contributed by atoms with Crippen LogP contribution >= 0.6 is 15.9 Å². The molecule has 0 bridgehead atoms. The summed E-state index contributed by atoms with van der Waals surface area (Å²) in [6.45, 7) is 4.38. The predicted molar refractivity (Wildman–Crippen MR) is 86.0 cm³/mol. The molecule has 6 nitrogen and oxygen atoms in total. The molecule has 1 aliphatic rings. The molecule has 0 aliphatic carbocycles. The maximum atomic E-state index is 12.9. The zero-order valence-electron chi connectivity index (χ0n) is 13.0. The molecule has 1 saturated heterocycles. The van der Waals surface area contributed by atoms with Gasteiger partial charge in [-0.05, 0) is 35.8 Å². The van der Waals surface area contributed by atoms with Gasteiger partial charge in [0.15, 0.2) is 11.5 Å². The Bertz CT molecular complexity index is 639. The third-order valence-electron chi connectivity index (χ3n) is 3.44. The molecule has 8 heteroatoms. The van der Waals surface area contributed by atoms with Crippen LogP contribution in [0.2, 0.25) is 0 Å². The summed E-state index contributed by atoms with van der Waals surface area (Å²) in [6, 6.07) is 3.07. The summed E-state index contributed by atoms with van der Waals surface area (Å²) in [6.07, 6.45) is -0.283. The van der Waals surface area contributed by atoms with Gasteiger partial charge in [0.05, 0.1) is 26.4 Å². The highest BCUT2D eigenvalue weighted by molar-refractivity contribution is 9.10. The first kappa shape index (κ1) is 17.5. The molecule has 1 aromatic carbocycles. The monoisotopic (exact) mass is 393 g/mol. The van der Waals surface area contributed by atoms with Gasteiger partial charge in [0.25, 0.3) is 0 Å². The molecule has 22 heavy (non-hydrogen) atoms. The van der Waals surface area contributed by atoms with E-state index in [2.05, 4.69) is 15.9 Å². The number of benzene rings is 1. The fourth-order valence-electron chi connectivity index (χ4n) is 2.50. The lowest BCUT2D eigenvalue weighted by Gasteiger charge is -2.34. The predicted octanol–water partition coefficient (Wildman–Crippen LogP) is 2.26. The molecule has 1 heterocycles. The van der Waals surface area contributed by atoms with Gasteiger partial charge in [-0.3, -0.25) is 0 Å². The summed E-state index contributed by atoms with van der Waals surface area (Å²) in [5, 5.41) is 0. The van der Waals surface area contributed by atoms with E-state index in [0.29, 0.717) is 29.1 Å². The number of hydrogen-bond acceptors (Lipinski definition) is 5. The average molecular weight is 394 g/mol. The van der Waals surface area contributed by atoms with E-state index in [1.807, 2.05) is 13.8 Å². The van der Waals surface area contributed by atoms with Gasteiger partial charge >= 0.3 is 0 Å². The van der Waals surface area contributed by atoms with Gasteiger partial charge in [-0.15, -0.1) is 0 Å². The van der Waals surface area contributed by atoms with Gasteiger partial charge < -0.3 is 14.2 Å². The normalized spacial score (nSPS) is 23.3. The summed E-state index contributed by atoms with van der Waals surface area (Å²) in [5.74, 6) is 0.843. The first-order valence-electron chi connectivity index (χ1n) is 6.86. The summed E-state index contributed by atoms with van der Waals surface area (Å²) >= 11 is 3.31. The van der Waals surface area contributed by atoms with Crippen LogP contribution in [0.5, 0.6) is 11.5 Å². The van der Waals surface area contributed by atoms with Crippen LogP contribution in [0.3, 0.4) is 0 Å². The first-order valence-corrected chi connectivity index (χ1v) is 9.10. The molecule has 2 atom stereocenters. The molecule has 2 unspecified atom stereocenters. The van der Waals surface area contributed by atoms with Crippen LogP contribution in [0.1, 0.15) is 13.8 Å². The second kappa shape index (κ2) is 6.74. The van der Waals surface area contributed by atoms with E-state index in [0.717, 1.165) is 0 Å². The fraction of sp³-hybridized carbons (Fsp3) is 0.571. The molecule has 1 fully saturated rings. The topological polar surface area (TPSA) is 65.1 Å². The Kier molecular flexibility index (Phi) is 5.37. The number of morpholine rings is 1. The highest BCUT2D eigenvalue weighted by Gasteiger charge is 2.34.